The highest BCUT2D eigenvalue weighted by Gasteiger charge is 2.34. The molecule has 112 valence electrons. The number of hydrogen-bond donors (Lipinski definition) is 1. The van der Waals surface area contributed by atoms with E-state index in [1.165, 1.54) is 7.11 Å². The highest BCUT2D eigenvalue weighted by molar-refractivity contribution is 7.89. The van der Waals surface area contributed by atoms with Crippen LogP contribution in [0.5, 0.6) is 5.75 Å². The van der Waals surface area contributed by atoms with Crippen LogP contribution in [0.2, 0.25) is 0 Å². The van der Waals surface area contributed by atoms with Gasteiger partial charge in [0.2, 0.25) is 10.0 Å². The van der Waals surface area contributed by atoms with Crippen LogP contribution in [-0.4, -0.2) is 46.0 Å². The average Bonchev–Trinajstić information content (AvgIpc) is 2.48. The maximum absolute atomic E-state index is 12.9. The van der Waals surface area contributed by atoms with Crippen molar-refractivity contribution in [2.45, 2.75) is 30.2 Å². The molecule has 0 bridgehead atoms. The monoisotopic (exact) mass is 298 g/mol. The van der Waals surface area contributed by atoms with Crippen LogP contribution in [0.15, 0.2) is 29.2 Å². The van der Waals surface area contributed by atoms with Gasteiger partial charge < -0.3 is 10.1 Å². The van der Waals surface area contributed by atoms with Crippen molar-refractivity contribution in [2.24, 2.45) is 0 Å². The molecule has 1 fully saturated rings. The van der Waals surface area contributed by atoms with Gasteiger partial charge in [0.15, 0.2) is 0 Å². The smallest absolute Gasteiger partial charge is 0.247 e. The fourth-order valence-corrected chi connectivity index (χ4v) is 4.54. The molecule has 5 nitrogen and oxygen atoms in total. The minimum absolute atomic E-state index is 0.0173. The number of nitrogens with one attached hydrogen (secondary N) is 1. The highest BCUT2D eigenvalue weighted by atomic mass is 32.2. The van der Waals surface area contributed by atoms with E-state index in [0.717, 1.165) is 19.3 Å². The minimum atomic E-state index is -3.51. The van der Waals surface area contributed by atoms with E-state index in [4.69, 9.17) is 4.74 Å². The first-order valence-corrected chi connectivity index (χ1v) is 8.34. The molecule has 1 aliphatic rings. The summed E-state index contributed by atoms with van der Waals surface area (Å²) < 4.78 is 32.6. The Balaban J connectivity index is 2.37. The van der Waals surface area contributed by atoms with Gasteiger partial charge in [-0.3, -0.25) is 0 Å². The number of para-hydroxylation sites is 1. The van der Waals surface area contributed by atoms with Gasteiger partial charge in [0.25, 0.3) is 0 Å². The Bertz CT molecular complexity index is 543. The van der Waals surface area contributed by atoms with Gasteiger partial charge in [0, 0.05) is 19.1 Å². The first kappa shape index (κ1) is 15.3. The summed E-state index contributed by atoms with van der Waals surface area (Å²) >= 11 is 0. The number of piperidine rings is 1. The standard InChI is InChI=1S/C14H22N2O3S/c1-15-11-12-7-5-6-10-16(12)20(17,18)14-9-4-3-8-13(14)19-2/h3-4,8-9,12,15H,5-7,10-11H2,1-2H3. The molecule has 0 spiro atoms. The fourth-order valence-electron chi connectivity index (χ4n) is 2.69. The largest absolute Gasteiger partial charge is 0.495 e. The van der Waals surface area contributed by atoms with Crippen molar-refractivity contribution < 1.29 is 13.2 Å². The van der Waals surface area contributed by atoms with Gasteiger partial charge >= 0.3 is 0 Å². The van der Waals surface area contributed by atoms with Gasteiger partial charge in [-0.1, -0.05) is 18.6 Å². The Morgan fingerprint density at radius 2 is 2.10 bits per heavy atom. The summed E-state index contributed by atoms with van der Waals surface area (Å²) in [5.41, 5.74) is 0. The molecule has 0 aromatic heterocycles. The summed E-state index contributed by atoms with van der Waals surface area (Å²) in [4.78, 5) is 0.255. The molecule has 1 unspecified atom stereocenters. The zero-order valence-corrected chi connectivity index (χ0v) is 12.8. The summed E-state index contributed by atoms with van der Waals surface area (Å²) in [6.45, 7) is 1.25. The number of rotatable bonds is 5. The van der Waals surface area contributed by atoms with Crippen LogP contribution in [0, 0.1) is 0 Å². The van der Waals surface area contributed by atoms with E-state index in [-0.39, 0.29) is 10.9 Å². The van der Waals surface area contributed by atoms with E-state index in [0.29, 0.717) is 18.8 Å². The second-order valence-corrected chi connectivity index (χ2v) is 6.83. The van der Waals surface area contributed by atoms with Crippen LogP contribution >= 0.6 is 0 Å². The number of hydrogen-bond acceptors (Lipinski definition) is 4. The number of sulfonamides is 1. The molecule has 1 saturated heterocycles. The Hall–Kier alpha value is -1.11. The Labute approximate surface area is 121 Å². The van der Waals surface area contributed by atoms with Crippen LogP contribution < -0.4 is 10.1 Å². The van der Waals surface area contributed by atoms with Crippen molar-refractivity contribution in [3.63, 3.8) is 0 Å². The van der Waals surface area contributed by atoms with E-state index in [1.54, 1.807) is 28.6 Å². The van der Waals surface area contributed by atoms with E-state index < -0.39 is 10.0 Å². The third-order valence-electron chi connectivity index (χ3n) is 3.67. The molecular weight excluding hydrogens is 276 g/mol. The predicted molar refractivity (Wildman–Crippen MR) is 78.5 cm³/mol. The normalized spacial score (nSPS) is 20.8. The molecule has 0 radical (unpaired) electrons. The number of likely N-dealkylation sites (N-methyl/N-ethyl adjacent to an activating group) is 1. The number of nitrogens with zero attached hydrogens (tertiary/aromatic N) is 1. The lowest BCUT2D eigenvalue weighted by Gasteiger charge is -2.34. The molecular formula is C14H22N2O3S. The first-order valence-electron chi connectivity index (χ1n) is 6.90. The van der Waals surface area contributed by atoms with E-state index in [2.05, 4.69) is 5.32 Å². The van der Waals surface area contributed by atoms with Crippen molar-refractivity contribution in [3.8, 4) is 5.75 Å². The number of benzene rings is 1. The second-order valence-electron chi connectivity index (χ2n) is 4.97. The quantitative estimate of drug-likeness (QED) is 0.894. The van der Waals surface area contributed by atoms with E-state index >= 15 is 0 Å². The van der Waals surface area contributed by atoms with Gasteiger partial charge in [-0.2, -0.15) is 4.31 Å². The van der Waals surface area contributed by atoms with Gasteiger partial charge in [-0.25, -0.2) is 8.42 Å². The maximum atomic E-state index is 12.9. The van der Waals surface area contributed by atoms with Crippen LogP contribution in [0.4, 0.5) is 0 Å². The topological polar surface area (TPSA) is 58.6 Å². The maximum Gasteiger partial charge on any atom is 0.247 e. The third kappa shape index (κ3) is 2.97. The zero-order chi connectivity index (χ0) is 14.6. The lowest BCUT2D eigenvalue weighted by Crippen LogP contribution is -2.47. The molecule has 1 aliphatic heterocycles. The molecule has 1 aromatic rings. The molecule has 1 N–H and O–H groups in total. The molecule has 0 amide bonds. The molecule has 0 aliphatic carbocycles. The van der Waals surface area contributed by atoms with Crippen LogP contribution in [0.25, 0.3) is 0 Å². The number of methoxy groups -OCH3 is 1. The van der Waals surface area contributed by atoms with Gasteiger partial charge in [-0.05, 0) is 32.0 Å². The highest BCUT2D eigenvalue weighted by Crippen LogP contribution is 2.30. The second kappa shape index (κ2) is 6.56. The van der Waals surface area contributed by atoms with E-state index in [1.807, 2.05) is 7.05 Å². The lowest BCUT2D eigenvalue weighted by molar-refractivity contribution is 0.248. The van der Waals surface area contributed by atoms with Crippen molar-refractivity contribution in [2.75, 3.05) is 27.2 Å². The lowest BCUT2D eigenvalue weighted by atomic mass is 10.1. The van der Waals surface area contributed by atoms with Gasteiger partial charge in [0.05, 0.1) is 7.11 Å². The number of ether oxygens (including phenoxy) is 1. The van der Waals surface area contributed by atoms with Crippen molar-refractivity contribution in [1.82, 2.24) is 9.62 Å². The molecule has 1 aromatic carbocycles. The zero-order valence-electron chi connectivity index (χ0n) is 12.0. The van der Waals surface area contributed by atoms with Gasteiger partial charge in [0.1, 0.15) is 10.6 Å². The molecule has 2 rings (SSSR count). The van der Waals surface area contributed by atoms with Gasteiger partial charge in [-0.15, -0.1) is 0 Å². The van der Waals surface area contributed by atoms with E-state index in [9.17, 15) is 8.42 Å². The molecule has 0 saturated carbocycles. The SMILES string of the molecule is CNCC1CCCCN1S(=O)(=O)c1ccccc1OC. The van der Waals surface area contributed by atoms with Crippen LogP contribution in [0.1, 0.15) is 19.3 Å². The van der Waals surface area contributed by atoms with Crippen molar-refractivity contribution >= 4 is 10.0 Å². The van der Waals surface area contributed by atoms with Crippen molar-refractivity contribution in [3.05, 3.63) is 24.3 Å². The fraction of sp³-hybridized carbons (Fsp3) is 0.571. The summed E-state index contributed by atoms with van der Waals surface area (Å²) in [5.74, 6) is 0.404. The van der Waals surface area contributed by atoms with Crippen LogP contribution in [-0.2, 0) is 10.0 Å². The molecule has 6 heteroatoms. The summed E-state index contributed by atoms with van der Waals surface area (Å²) in [6.07, 6.45) is 2.88. The predicted octanol–water partition coefficient (Wildman–Crippen LogP) is 1.46. The van der Waals surface area contributed by atoms with Crippen molar-refractivity contribution in [1.29, 1.82) is 0 Å². The Morgan fingerprint density at radius 1 is 1.35 bits per heavy atom. The van der Waals surface area contributed by atoms with Crippen LogP contribution in [0.3, 0.4) is 0 Å². The summed E-state index contributed by atoms with van der Waals surface area (Å²) in [5, 5.41) is 3.08. The Kier molecular flexibility index (Phi) is 5.01. The minimum Gasteiger partial charge on any atom is -0.495 e. The molecule has 1 heterocycles. The average molecular weight is 298 g/mol. The Morgan fingerprint density at radius 3 is 2.80 bits per heavy atom. The first-order chi connectivity index (χ1) is 9.61. The molecule has 1 atom stereocenters. The molecule has 20 heavy (non-hydrogen) atoms. The third-order valence-corrected chi connectivity index (χ3v) is 5.66. The summed E-state index contributed by atoms with van der Waals surface area (Å²) in [6, 6.07) is 6.82. The summed E-state index contributed by atoms with van der Waals surface area (Å²) in [7, 11) is -0.162.